The number of aromatic nitrogens is 2. The Hall–Kier alpha value is -3.74. The second-order valence-electron chi connectivity index (χ2n) is 5.71. The number of benzene rings is 2. The van der Waals surface area contributed by atoms with Crippen molar-refractivity contribution in [3.05, 3.63) is 77.6 Å². The van der Waals surface area contributed by atoms with E-state index in [9.17, 15) is 14.0 Å². The van der Waals surface area contributed by atoms with Crippen molar-refractivity contribution >= 4 is 34.8 Å². The van der Waals surface area contributed by atoms with Crippen molar-refractivity contribution in [1.82, 2.24) is 9.97 Å². The highest BCUT2D eigenvalue weighted by molar-refractivity contribution is 6.35. The molecule has 0 spiro atoms. The van der Waals surface area contributed by atoms with Crippen LogP contribution in [0.1, 0.15) is 21.7 Å². The summed E-state index contributed by atoms with van der Waals surface area (Å²) in [4.78, 5) is 31.5. The molecule has 1 aromatic heterocycles. The lowest BCUT2D eigenvalue weighted by Gasteiger charge is -2.07. The summed E-state index contributed by atoms with van der Waals surface area (Å²) in [6.07, 6.45) is 4.91. The fourth-order valence-corrected chi connectivity index (χ4v) is 2.71. The van der Waals surface area contributed by atoms with E-state index in [2.05, 4.69) is 20.6 Å². The van der Waals surface area contributed by atoms with Crippen molar-refractivity contribution in [2.24, 2.45) is 0 Å². The van der Waals surface area contributed by atoms with E-state index in [0.29, 0.717) is 33.9 Å². The van der Waals surface area contributed by atoms with Crippen LogP contribution in [0.3, 0.4) is 0 Å². The molecular weight excluding hydrogens is 335 g/mol. The summed E-state index contributed by atoms with van der Waals surface area (Å²) < 4.78 is 13.0. The van der Waals surface area contributed by atoms with E-state index >= 15 is 0 Å². The third kappa shape index (κ3) is 2.98. The molecule has 6 nitrogen and oxygen atoms in total. The number of carbonyl (C=O) groups excluding carboxylic acids is 2. The molecule has 0 atom stereocenters. The van der Waals surface area contributed by atoms with Crippen LogP contribution in [0.4, 0.5) is 15.8 Å². The van der Waals surface area contributed by atoms with E-state index in [-0.39, 0.29) is 11.8 Å². The molecule has 0 aliphatic carbocycles. The number of imidazole rings is 1. The van der Waals surface area contributed by atoms with Gasteiger partial charge in [0, 0.05) is 34.9 Å². The first kappa shape index (κ1) is 15.8. The summed E-state index contributed by atoms with van der Waals surface area (Å²) in [5, 5.41) is 5.53. The lowest BCUT2D eigenvalue weighted by molar-refractivity contribution is -0.110. The van der Waals surface area contributed by atoms with Gasteiger partial charge in [-0.1, -0.05) is 0 Å². The van der Waals surface area contributed by atoms with E-state index in [1.807, 2.05) is 0 Å². The predicted molar refractivity (Wildman–Crippen MR) is 95.9 cm³/mol. The van der Waals surface area contributed by atoms with Crippen LogP contribution in [-0.4, -0.2) is 21.8 Å². The number of nitrogens with zero attached hydrogens (tertiary/aromatic N) is 1. The molecule has 3 N–H and O–H groups in total. The average Bonchev–Trinajstić information content (AvgIpc) is 3.24. The molecule has 26 heavy (non-hydrogen) atoms. The average molecular weight is 348 g/mol. The van der Waals surface area contributed by atoms with E-state index in [0.717, 1.165) is 0 Å². The van der Waals surface area contributed by atoms with Crippen LogP contribution in [0.15, 0.2) is 54.9 Å². The maximum absolute atomic E-state index is 13.0. The number of fused-ring (bicyclic) bond motifs is 1. The smallest absolute Gasteiger partial charge is 0.256 e. The van der Waals surface area contributed by atoms with E-state index in [1.54, 1.807) is 36.7 Å². The van der Waals surface area contributed by atoms with E-state index in [1.165, 1.54) is 24.3 Å². The molecule has 0 fully saturated rings. The lowest BCUT2D eigenvalue weighted by Crippen LogP contribution is -2.11. The van der Waals surface area contributed by atoms with Crippen LogP contribution >= 0.6 is 0 Å². The summed E-state index contributed by atoms with van der Waals surface area (Å²) in [6.45, 7) is 0. The van der Waals surface area contributed by atoms with Crippen molar-refractivity contribution in [2.45, 2.75) is 0 Å². The number of nitrogens with one attached hydrogen (secondary N) is 3. The first-order chi connectivity index (χ1) is 12.6. The molecule has 0 bridgehead atoms. The standard InChI is InChI=1S/C19H13FN4O2/c20-12-3-1-11(2-4-12)18(25)23-13-5-6-16-14(9-13)15(19(26)24-16)10-17-21-7-8-22-17/h1-10H,(H,21,22)(H,23,25)(H,24,26)/b15-10-. The second-order valence-corrected chi connectivity index (χ2v) is 5.71. The molecular formula is C19H13FN4O2. The highest BCUT2D eigenvalue weighted by Gasteiger charge is 2.25. The molecule has 1 aliphatic rings. The zero-order valence-corrected chi connectivity index (χ0v) is 13.4. The number of aromatic amines is 1. The van der Waals surface area contributed by atoms with Gasteiger partial charge in [-0.05, 0) is 48.5 Å². The molecule has 1 aliphatic heterocycles. The number of hydrogen-bond acceptors (Lipinski definition) is 3. The van der Waals surface area contributed by atoms with Crippen molar-refractivity contribution in [1.29, 1.82) is 0 Å². The zero-order valence-electron chi connectivity index (χ0n) is 13.4. The fraction of sp³-hybridized carbons (Fsp3) is 0. The SMILES string of the molecule is O=C1Nc2ccc(NC(=O)c3ccc(F)cc3)cc2/C1=C/c1ncc[nH]1. The summed E-state index contributed by atoms with van der Waals surface area (Å²) in [6, 6.07) is 10.4. The first-order valence-corrected chi connectivity index (χ1v) is 7.84. The van der Waals surface area contributed by atoms with E-state index in [4.69, 9.17) is 0 Å². The molecule has 7 heteroatoms. The van der Waals surface area contributed by atoms with Gasteiger partial charge in [-0.15, -0.1) is 0 Å². The van der Waals surface area contributed by atoms with E-state index < -0.39 is 5.82 Å². The maximum atomic E-state index is 13.0. The van der Waals surface area contributed by atoms with Gasteiger partial charge in [-0.3, -0.25) is 9.59 Å². The topological polar surface area (TPSA) is 86.9 Å². The molecule has 4 rings (SSSR count). The fourth-order valence-electron chi connectivity index (χ4n) is 2.71. The van der Waals surface area contributed by atoms with Crippen molar-refractivity contribution in [3.8, 4) is 0 Å². The van der Waals surface area contributed by atoms with Gasteiger partial charge < -0.3 is 15.6 Å². The quantitative estimate of drug-likeness (QED) is 0.635. The Morgan fingerprint density at radius 1 is 1.15 bits per heavy atom. The zero-order chi connectivity index (χ0) is 18.1. The summed E-state index contributed by atoms with van der Waals surface area (Å²) in [5.41, 5.74) is 2.65. The molecule has 3 aromatic rings. The minimum Gasteiger partial charge on any atom is -0.345 e. The summed E-state index contributed by atoms with van der Waals surface area (Å²) in [5.74, 6) is -0.447. The molecule has 2 aromatic carbocycles. The Kier molecular flexibility index (Phi) is 3.81. The largest absolute Gasteiger partial charge is 0.345 e. The van der Waals surface area contributed by atoms with Gasteiger partial charge in [0.2, 0.25) is 0 Å². The normalized spacial score (nSPS) is 14.2. The van der Waals surface area contributed by atoms with Gasteiger partial charge in [0.15, 0.2) is 0 Å². The van der Waals surface area contributed by atoms with Crippen molar-refractivity contribution in [2.75, 3.05) is 10.6 Å². The molecule has 0 saturated heterocycles. The van der Waals surface area contributed by atoms with Gasteiger partial charge in [-0.2, -0.15) is 0 Å². The number of H-pyrrole nitrogens is 1. The molecule has 2 heterocycles. The third-order valence-electron chi connectivity index (χ3n) is 3.97. The molecule has 0 saturated carbocycles. The number of rotatable bonds is 3. The van der Waals surface area contributed by atoms with Crippen LogP contribution in [-0.2, 0) is 4.79 Å². The predicted octanol–water partition coefficient (Wildman–Crippen LogP) is 3.29. The minimum atomic E-state index is -0.406. The second kappa shape index (κ2) is 6.29. The first-order valence-electron chi connectivity index (χ1n) is 7.84. The Morgan fingerprint density at radius 3 is 2.69 bits per heavy atom. The molecule has 0 unspecified atom stereocenters. The number of carbonyl (C=O) groups is 2. The van der Waals surface area contributed by atoms with Gasteiger partial charge >= 0.3 is 0 Å². The number of amides is 2. The van der Waals surface area contributed by atoms with Crippen LogP contribution in [0, 0.1) is 5.82 Å². The highest BCUT2D eigenvalue weighted by Crippen LogP contribution is 2.34. The van der Waals surface area contributed by atoms with Crippen LogP contribution in [0.2, 0.25) is 0 Å². The molecule has 128 valence electrons. The van der Waals surface area contributed by atoms with Gasteiger partial charge in [0.1, 0.15) is 11.6 Å². The lowest BCUT2D eigenvalue weighted by atomic mass is 10.1. The number of halogens is 1. The van der Waals surface area contributed by atoms with Gasteiger partial charge in [0.25, 0.3) is 11.8 Å². The molecule has 2 amide bonds. The monoisotopic (exact) mass is 348 g/mol. The Balaban J connectivity index is 1.63. The Morgan fingerprint density at radius 2 is 1.96 bits per heavy atom. The molecule has 0 radical (unpaired) electrons. The number of anilines is 2. The van der Waals surface area contributed by atoms with Crippen LogP contribution in [0.25, 0.3) is 11.6 Å². The van der Waals surface area contributed by atoms with Crippen LogP contribution in [0.5, 0.6) is 0 Å². The van der Waals surface area contributed by atoms with Gasteiger partial charge in [0.05, 0.1) is 5.57 Å². The summed E-state index contributed by atoms with van der Waals surface area (Å²) >= 11 is 0. The van der Waals surface area contributed by atoms with Crippen LogP contribution < -0.4 is 10.6 Å². The highest BCUT2D eigenvalue weighted by atomic mass is 19.1. The Labute approximate surface area is 147 Å². The van der Waals surface area contributed by atoms with Gasteiger partial charge in [-0.25, -0.2) is 9.37 Å². The Bertz CT molecular complexity index is 1020. The van der Waals surface area contributed by atoms with Crippen molar-refractivity contribution < 1.29 is 14.0 Å². The number of hydrogen-bond donors (Lipinski definition) is 3. The third-order valence-corrected chi connectivity index (χ3v) is 3.97. The minimum absolute atomic E-state index is 0.238. The van der Waals surface area contributed by atoms with Crippen molar-refractivity contribution in [3.63, 3.8) is 0 Å². The maximum Gasteiger partial charge on any atom is 0.256 e. The summed E-state index contributed by atoms with van der Waals surface area (Å²) in [7, 11) is 0.